The van der Waals surface area contributed by atoms with Gasteiger partial charge in [0.25, 0.3) is 0 Å². The second-order valence-corrected chi connectivity index (χ2v) is 4.84. The highest BCUT2D eigenvalue weighted by atomic mass is 79.9. The maximum Gasteiger partial charge on any atom is 0.305 e. The second kappa shape index (κ2) is 6.35. The largest absolute Gasteiger partial charge is 0.459 e. The van der Waals surface area contributed by atoms with E-state index in [1.54, 1.807) is 12.1 Å². The van der Waals surface area contributed by atoms with Crippen molar-refractivity contribution in [2.24, 2.45) is 0 Å². The van der Waals surface area contributed by atoms with Crippen LogP contribution >= 0.6 is 28.1 Å². The molecule has 2 rings (SSSR count). The lowest BCUT2D eigenvalue weighted by atomic mass is 10.3. The molecular formula is C12H10BrN3O2S. The summed E-state index contributed by atoms with van der Waals surface area (Å²) in [5.74, 6) is -0.191. The number of amides is 1. The van der Waals surface area contributed by atoms with Gasteiger partial charge in [-0.1, -0.05) is 15.9 Å². The fraction of sp³-hybridized carbons (Fsp3) is 0. The molecule has 5 nitrogen and oxygen atoms in total. The van der Waals surface area contributed by atoms with Gasteiger partial charge < -0.3 is 9.73 Å². The molecule has 0 aliphatic heterocycles. The van der Waals surface area contributed by atoms with Gasteiger partial charge in [-0.2, -0.15) is 0 Å². The lowest BCUT2D eigenvalue weighted by Gasteiger charge is -2.10. The average molecular weight is 340 g/mol. The van der Waals surface area contributed by atoms with Gasteiger partial charge in [-0.15, -0.1) is 0 Å². The number of halogens is 1. The van der Waals surface area contributed by atoms with Crippen molar-refractivity contribution in [1.29, 1.82) is 0 Å². The Labute approximate surface area is 123 Å². The summed E-state index contributed by atoms with van der Waals surface area (Å²) in [6, 6.07) is 10.7. The Morgan fingerprint density at radius 1 is 1.16 bits per heavy atom. The molecule has 7 heteroatoms. The van der Waals surface area contributed by atoms with Crippen molar-refractivity contribution in [2.45, 2.75) is 0 Å². The third-order valence-corrected chi connectivity index (χ3v) is 2.87. The number of hydrogen-bond donors (Lipinski definition) is 3. The summed E-state index contributed by atoms with van der Waals surface area (Å²) in [4.78, 5) is 11.5. The summed E-state index contributed by atoms with van der Waals surface area (Å²) in [7, 11) is 0. The molecule has 1 amide bonds. The first-order valence-corrected chi connectivity index (χ1v) is 6.52. The summed E-state index contributed by atoms with van der Waals surface area (Å²) in [6.45, 7) is 0. The molecule has 0 radical (unpaired) electrons. The molecule has 19 heavy (non-hydrogen) atoms. The van der Waals surface area contributed by atoms with E-state index in [2.05, 4.69) is 32.1 Å². The molecule has 0 saturated heterocycles. The van der Waals surface area contributed by atoms with Gasteiger partial charge in [-0.3, -0.25) is 15.6 Å². The van der Waals surface area contributed by atoms with Crippen LogP contribution in [0.3, 0.4) is 0 Å². The van der Waals surface area contributed by atoms with E-state index in [4.69, 9.17) is 16.6 Å². The van der Waals surface area contributed by atoms with Crippen LogP contribution in [-0.2, 0) is 0 Å². The molecule has 1 aromatic heterocycles. The summed E-state index contributed by atoms with van der Waals surface area (Å²) >= 11 is 8.38. The van der Waals surface area contributed by atoms with E-state index >= 15 is 0 Å². The van der Waals surface area contributed by atoms with Gasteiger partial charge in [-0.05, 0) is 48.6 Å². The normalized spacial score (nSPS) is 9.74. The standard InChI is InChI=1S/C12H10BrN3O2S/c13-8-3-5-9(6-4-8)14-12(19)16-15-11(17)10-2-1-7-18-10/h1-7H,(H,15,17)(H2,14,16,19). The summed E-state index contributed by atoms with van der Waals surface area (Å²) < 4.78 is 5.91. The first kappa shape index (κ1) is 13.6. The molecule has 0 atom stereocenters. The van der Waals surface area contributed by atoms with Crippen LogP contribution < -0.4 is 16.2 Å². The van der Waals surface area contributed by atoms with Crippen molar-refractivity contribution in [2.75, 3.05) is 5.32 Å². The van der Waals surface area contributed by atoms with E-state index in [-0.39, 0.29) is 10.9 Å². The molecular weight excluding hydrogens is 330 g/mol. The van der Waals surface area contributed by atoms with Crippen molar-refractivity contribution in [3.8, 4) is 0 Å². The molecule has 1 heterocycles. The average Bonchev–Trinajstić information content (AvgIpc) is 2.93. The number of furan rings is 1. The SMILES string of the molecule is O=C(NNC(=S)Nc1ccc(Br)cc1)c1ccco1. The van der Waals surface area contributed by atoms with Gasteiger partial charge in [0, 0.05) is 10.2 Å². The van der Waals surface area contributed by atoms with Crippen molar-refractivity contribution in [3.05, 3.63) is 52.9 Å². The smallest absolute Gasteiger partial charge is 0.305 e. The van der Waals surface area contributed by atoms with Gasteiger partial charge in [0.2, 0.25) is 0 Å². The predicted octanol–water partition coefficient (Wildman–Crippen LogP) is 2.67. The third kappa shape index (κ3) is 4.08. The van der Waals surface area contributed by atoms with Gasteiger partial charge in [-0.25, -0.2) is 0 Å². The van der Waals surface area contributed by atoms with Crippen molar-refractivity contribution in [3.63, 3.8) is 0 Å². The Balaban J connectivity index is 1.82. The lowest BCUT2D eigenvalue weighted by molar-refractivity contribution is 0.0916. The minimum atomic E-state index is -0.398. The maximum atomic E-state index is 11.5. The minimum Gasteiger partial charge on any atom is -0.459 e. The minimum absolute atomic E-state index is 0.207. The van der Waals surface area contributed by atoms with E-state index < -0.39 is 5.91 Å². The Bertz CT molecular complexity index is 569. The lowest BCUT2D eigenvalue weighted by Crippen LogP contribution is -2.43. The molecule has 98 valence electrons. The number of benzene rings is 1. The molecule has 0 aliphatic rings. The zero-order valence-electron chi connectivity index (χ0n) is 9.64. The predicted molar refractivity (Wildman–Crippen MR) is 79.7 cm³/mol. The highest BCUT2D eigenvalue weighted by Crippen LogP contribution is 2.13. The van der Waals surface area contributed by atoms with Crippen LogP contribution in [0.2, 0.25) is 0 Å². The number of hydrazine groups is 1. The molecule has 0 fully saturated rings. The highest BCUT2D eigenvalue weighted by Gasteiger charge is 2.07. The number of anilines is 1. The quantitative estimate of drug-likeness (QED) is 0.579. The first-order chi connectivity index (χ1) is 9.15. The van der Waals surface area contributed by atoms with Crippen LogP contribution in [0, 0.1) is 0 Å². The zero-order chi connectivity index (χ0) is 13.7. The molecule has 3 N–H and O–H groups in total. The number of thiocarbonyl (C=S) groups is 1. The summed E-state index contributed by atoms with van der Waals surface area (Å²) in [6.07, 6.45) is 1.42. The molecule has 0 unspecified atom stereocenters. The van der Waals surface area contributed by atoms with E-state index in [9.17, 15) is 4.79 Å². The van der Waals surface area contributed by atoms with E-state index in [0.29, 0.717) is 0 Å². The fourth-order valence-corrected chi connectivity index (χ4v) is 1.71. The maximum absolute atomic E-state index is 11.5. The van der Waals surface area contributed by atoms with Gasteiger partial charge >= 0.3 is 5.91 Å². The molecule has 0 spiro atoms. The fourth-order valence-electron chi connectivity index (χ4n) is 1.28. The van der Waals surface area contributed by atoms with E-state index in [1.807, 2.05) is 24.3 Å². The number of carbonyl (C=O) groups excluding carboxylic acids is 1. The summed E-state index contributed by atoms with van der Waals surface area (Å²) in [5, 5.41) is 3.20. The van der Waals surface area contributed by atoms with Crippen LogP contribution in [-0.4, -0.2) is 11.0 Å². The Morgan fingerprint density at radius 3 is 2.53 bits per heavy atom. The molecule has 0 saturated carbocycles. The Kier molecular flexibility index (Phi) is 4.53. The van der Waals surface area contributed by atoms with E-state index in [0.717, 1.165) is 10.2 Å². The van der Waals surface area contributed by atoms with Crippen LogP contribution in [0.25, 0.3) is 0 Å². The number of hydrogen-bond acceptors (Lipinski definition) is 3. The van der Waals surface area contributed by atoms with Crippen molar-refractivity contribution >= 4 is 44.9 Å². The molecule has 0 aliphatic carbocycles. The molecule has 1 aromatic carbocycles. The Hall–Kier alpha value is -1.86. The van der Waals surface area contributed by atoms with Crippen LogP contribution in [0.5, 0.6) is 0 Å². The highest BCUT2D eigenvalue weighted by molar-refractivity contribution is 9.10. The first-order valence-electron chi connectivity index (χ1n) is 5.31. The number of nitrogens with one attached hydrogen (secondary N) is 3. The van der Waals surface area contributed by atoms with Crippen LogP contribution in [0.15, 0.2) is 51.6 Å². The zero-order valence-corrected chi connectivity index (χ0v) is 12.0. The topological polar surface area (TPSA) is 66.3 Å². The monoisotopic (exact) mass is 339 g/mol. The van der Waals surface area contributed by atoms with Crippen LogP contribution in [0.1, 0.15) is 10.6 Å². The molecule has 0 bridgehead atoms. The van der Waals surface area contributed by atoms with Crippen molar-refractivity contribution in [1.82, 2.24) is 10.9 Å². The van der Waals surface area contributed by atoms with Gasteiger partial charge in [0.15, 0.2) is 10.9 Å². The number of carbonyl (C=O) groups is 1. The van der Waals surface area contributed by atoms with Crippen LogP contribution in [0.4, 0.5) is 5.69 Å². The second-order valence-electron chi connectivity index (χ2n) is 3.52. The Morgan fingerprint density at radius 2 is 1.89 bits per heavy atom. The summed E-state index contributed by atoms with van der Waals surface area (Å²) in [5.41, 5.74) is 5.82. The van der Waals surface area contributed by atoms with Crippen molar-refractivity contribution < 1.29 is 9.21 Å². The molecule has 2 aromatic rings. The number of rotatable bonds is 2. The van der Waals surface area contributed by atoms with Gasteiger partial charge in [0.05, 0.1) is 6.26 Å². The van der Waals surface area contributed by atoms with E-state index in [1.165, 1.54) is 6.26 Å². The third-order valence-electron chi connectivity index (χ3n) is 2.14. The van der Waals surface area contributed by atoms with Gasteiger partial charge in [0.1, 0.15) is 0 Å².